The van der Waals surface area contributed by atoms with Crippen LogP contribution in [0.2, 0.25) is 0 Å². The minimum Gasteiger partial charge on any atom is -0.493 e. The van der Waals surface area contributed by atoms with E-state index in [0.29, 0.717) is 28.5 Å². The molecule has 1 heterocycles. The number of benzene rings is 2. The molecule has 0 bridgehead atoms. The molecule has 0 fully saturated rings. The molecule has 0 spiro atoms. The lowest BCUT2D eigenvalue weighted by Crippen LogP contribution is -2.13. The van der Waals surface area contributed by atoms with Gasteiger partial charge in [0.25, 0.3) is 5.91 Å². The fourth-order valence-electron chi connectivity index (χ4n) is 2.34. The number of hydrogen-bond acceptors (Lipinski definition) is 5. The Hall–Kier alpha value is -3.28. The summed E-state index contributed by atoms with van der Waals surface area (Å²) in [5.74, 6) is 1.29. The van der Waals surface area contributed by atoms with Gasteiger partial charge in [0.15, 0.2) is 23.7 Å². The Labute approximate surface area is 139 Å². The van der Waals surface area contributed by atoms with Crippen LogP contribution >= 0.6 is 0 Å². The lowest BCUT2D eigenvalue weighted by atomic mass is 10.1. The average Bonchev–Trinajstić information content (AvgIpc) is 3.16. The number of carbonyl (C=O) groups excluding carboxylic acids is 1. The lowest BCUT2D eigenvalue weighted by molar-refractivity contribution is 0.102. The molecule has 3 rings (SSSR count). The number of para-hydroxylation sites is 1. The van der Waals surface area contributed by atoms with Gasteiger partial charge < -0.3 is 19.2 Å². The summed E-state index contributed by atoms with van der Waals surface area (Å²) in [7, 11) is 3.03. The molecule has 0 saturated carbocycles. The molecule has 1 aromatic heterocycles. The molecule has 0 aliphatic carbocycles. The Kier molecular flexibility index (Phi) is 4.47. The Morgan fingerprint density at radius 1 is 1.08 bits per heavy atom. The molecule has 0 aliphatic rings. The van der Waals surface area contributed by atoms with Crippen LogP contribution in [0.15, 0.2) is 59.5 Å². The monoisotopic (exact) mass is 324 g/mol. The van der Waals surface area contributed by atoms with E-state index in [0.717, 1.165) is 5.56 Å². The highest BCUT2D eigenvalue weighted by Crippen LogP contribution is 2.31. The normalized spacial score (nSPS) is 10.2. The number of hydrogen-bond donors (Lipinski definition) is 1. The van der Waals surface area contributed by atoms with Crippen LogP contribution in [0.1, 0.15) is 10.4 Å². The van der Waals surface area contributed by atoms with E-state index in [1.165, 1.54) is 20.6 Å². The fourth-order valence-corrected chi connectivity index (χ4v) is 2.34. The van der Waals surface area contributed by atoms with Gasteiger partial charge in [0, 0.05) is 11.3 Å². The van der Waals surface area contributed by atoms with Crippen molar-refractivity contribution >= 4 is 11.6 Å². The van der Waals surface area contributed by atoms with Crippen LogP contribution in [0.4, 0.5) is 5.69 Å². The zero-order chi connectivity index (χ0) is 16.9. The molecule has 3 aromatic rings. The molecule has 6 nitrogen and oxygen atoms in total. The number of oxazole rings is 1. The van der Waals surface area contributed by atoms with Crippen LogP contribution in [0.3, 0.4) is 0 Å². The minimum absolute atomic E-state index is 0.279. The maximum Gasteiger partial charge on any atom is 0.259 e. The summed E-state index contributed by atoms with van der Waals surface area (Å²) >= 11 is 0. The van der Waals surface area contributed by atoms with Gasteiger partial charge in [0.05, 0.1) is 26.0 Å². The van der Waals surface area contributed by atoms with Gasteiger partial charge >= 0.3 is 0 Å². The van der Waals surface area contributed by atoms with Crippen molar-refractivity contribution in [2.45, 2.75) is 0 Å². The highest BCUT2D eigenvalue weighted by Gasteiger charge is 2.16. The molecule has 2 aromatic carbocycles. The molecule has 6 heteroatoms. The number of nitrogens with zero attached hydrogens (tertiary/aromatic N) is 1. The molecule has 1 N–H and O–H groups in total. The zero-order valence-corrected chi connectivity index (χ0v) is 13.3. The zero-order valence-electron chi connectivity index (χ0n) is 13.3. The van der Waals surface area contributed by atoms with Crippen LogP contribution in [0.25, 0.3) is 11.3 Å². The Morgan fingerprint density at radius 3 is 2.50 bits per heavy atom. The van der Waals surface area contributed by atoms with Crippen molar-refractivity contribution in [1.82, 2.24) is 4.98 Å². The summed E-state index contributed by atoms with van der Waals surface area (Å²) in [6, 6.07) is 12.4. The molecular formula is C18H16N2O4. The predicted molar refractivity (Wildman–Crippen MR) is 89.4 cm³/mol. The minimum atomic E-state index is -0.279. The van der Waals surface area contributed by atoms with Gasteiger partial charge in [-0.1, -0.05) is 6.07 Å². The molecule has 0 saturated heterocycles. The summed E-state index contributed by atoms with van der Waals surface area (Å²) in [5.41, 5.74) is 1.94. The van der Waals surface area contributed by atoms with Crippen molar-refractivity contribution < 1.29 is 18.7 Å². The number of nitrogens with one attached hydrogen (secondary N) is 1. The van der Waals surface area contributed by atoms with Crippen LogP contribution in [0, 0.1) is 0 Å². The first-order valence-corrected chi connectivity index (χ1v) is 7.24. The summed E-state index contributed by atoms with van der Waals surface area (Å²) in [6.45, 7) is 0. The molecule has 0 unspecified atom stereocenters. The second-order valence-electron chi connectivity index (χ2n) is 4.94. The second kappa shape index (κ2) is 6.87. The third-order valence-electron chi connectivity index (χ3n) is 3.51. The van der Waals surface area contributed by atoms with Gasteiger partial charge in [-0.2, -0.15) is 0 Å². The van der Waals surface area contributed by atoms with Crippen molar-refractivity contribution in [1.29, 1.82) is 0 Å². The number of carbonyl (C=O) groups is 1. The Morgan fingerprint density at radius 2 is 1.88 bits per heavy atom. The number of methoxy groups -OCH3 is 2. The van der Waals surface area contributed by atoms with Gasteiger partial charge in [-0.15, -0.1) is 0 Å². The van der Waals surface area contributed by atoms with Crippen molar-refractivity contribution in [3.8, 4) is 22.8 Å². The first-order valence-electron chi connectivity index (χ1n) is 7.24. The highest BCUT2D eigenvalue weighted by atomic mass is 16.5. The largest absolute Gasteiger partial charge is 0.493 e. The fraction of sp³-hybridized carbons (Fsp3) is 0.111. The van der Waals surface area contributed by atoms with Gasteiger partial charge in [-0.05, 0) is 36.4 Å². The molecule has 0 atom stereocenters. The Bertz CT molecular complexity index is 827. The van der Waals surface area contributed by atoms with E-state index in [9.17, 15) is 4.79 Å². The van der Waals surface area contributed by atoms with Crippen molar-refractivity contribution in [2.75, 3.05) is 19.5 Å². The first-order chi connectivity index (χ1) is 11.7. The van der Waals surface area contributed by atoms with Gasteiger partial charge in [0.2, 0.25) is 0 Å². The molecule has 0 aliphatic heterocycles. The number of amides is 1. The van der Waals surface area contributed by atoms with Crippen molar-refractivity contribution in [3.63, 3.8) is 0 Å². The van der Waals surface area contributed by atoms with Crippen LogP contribution < -0.4 is 14.8 Å². The van der Waals surface area contributed by atoms with Crippen LogP contribution in [0.5, 0.6) is 11.5 Å². The molecule has 122 valence electrons. The Balaban J connectivity index is 1.80. The van der Waals surface area contributed by atoms with Crippen molar-refractivity contribution in [3.05, 3.63) is 60.6 Å². The summed E-state index contributed by atoms with van der Waals surface area (Å²) in [5, 5.41) is 2.84. The number of ether oxygens (including phenoxy) is 2. The van der Waals surface area contributed by atoms with E-state index in [2.05, 4.69) is 10.3 Å². The van der Waals surface area contributed by atoms with Gasteiger partial charge in [-0.3, -0.25) is 4.79 Å². The van der Waals surface area contributed by atoms with E-state index in [-0.39, 0.29) is 5.91 Å². The number of anilines is 1. The first kappa shape index (κ1) is 15.6. The molecule has 24 heavy (non-hydrogen) atoms. The molecule has 0 radical (unpaired) electrons. The number of rotatable bonds is 5. The SMILES string of the molecule is COc1cccc(C(=O)Nc2ccc(-c3cnco3)cc2)c1OC. The van der Waals surface area contributed by atoms with E-state index in [1.807, 2.05) is 12.1 Å². The van der Waals surface area contributed by atoms with E-state index in [1.54, 1.807) is 36.5 Å². The summed E-state index contributed by atoms with van der Waals surface area (Å²) in [4.78, 5) is 16.4. The smallest absolute Gasteiger partial charge is 0.259 e. The third kappa shape index (κ3) is 3.08. The van der Waals surface area contributed by atoms with Crippen LogP contribution in [-0.2, 0) is 0 Å². The highest BCUT2D eigenvalue weighted by molar-refractivity contribution is 6.06. The summed E-state index contributed by atoms with van der Waals surface area (Å²) < 4.78 is 15.7. The molecular weight excluding hydrogens is 308 g/mol. The maximum atomic E-state index is 12.5. The second-order valence-corrected chi connectivity index (χ2v) is 4.94. The average molecular weight is 324 g/mol. The van der Waals surface area contributed by atoms with Crippen LogP contribution in [-0.4, -0.2) is 25.1 Å². The topological polar surface area (TPSA) is 73.6 Å². The third-order valence-corrected chi connectivity index (χ3v) is 3.51. The quantitative estimate of drug-likeness (QED) is 0.776. The van der Waals surface area contributed by atoms with Gasteiger partial charge in [0.1, 0.15) is 0 Å². The summed E-state index contributed by atoms with van der Waals surface area (Å²) in [6.07, 6.45) is 3.01. The van der Waals surface area contributed by atoms with E-state index in [4.69, 9.17) is 13.9 Å². The van der Waals surface area contributed by atoms with Crippen molar-refractivity contribution in [2.24, 2.45) is 0 Å². The molecule has 1 amide bonds. The predicted octanol–water partition coefficient (Wildman–Crippen LogP) is 3.61. The van der Waals surface area contributed by atoms with Gasteiger partial charge in [-0.25, -0.2) is 4.98 Å². The maximum absolute atomic E-state index is 12.5. The standard InChI is InChI=1S/C18H16N2O4/c1-22-15-5-3-4-14(17(15)23-2)18(21)20-13-8-6-12(7-9-13)16-10-19-11-24-16/h3-11H,1-2H3,(H,20,21). The van der Waals surface area contributed by atoms with E-state index >= 15 is 0 Å². The number of aromatic nitrogens is 1. The van der Waals surface area contributed by atoms with E-state index < -0.39 is 0 Å². The lowest BCUT2D eigenvalue weighted by Gasteiger charge is -2.12.